The van der Waals surface area contributed by atoms with Gasteiger partial charge in [-0.15, -0.1) is 0 Å². The highest BCUT2D eigenvalue weighted by Gasteiger charge is 2.21. The Morgan fingerprint density at radius 2 is 1.94 bits per heavy atom. The van der Waals surface area contributed by atoms with Gasteiger partial charge in [0.15, 0.2) is 10.8 Å². The summed E-state index contributed by atoms with van der Waals surface area (Å²) >= 11 is 1.61. The SMILES string of the molecule is CCSc1nc(N2CCCC2)c2cnn(CCNC(=O)c3cc(-c4ccc(F)cc4)nn3C)c2n1. The van der Waals surface area contributed by atoms with Crippen LogP contribution in [0.4, 0.5) is 10.2 Å². The van der Waals surface area contributed by atoms with Gasteiger partial charge in [0.2, 0.25) is 0 Å². The summed E-state index contributed by atoms with van der Waals surface area (Å²) in [6, 6.07) is 7.75. The molecule has 1 aromatic carbocycles. The molecule has 0 saturated carbocycles. The maximum atomic E-state index is 13.2. The van der Waals surface area contributed by atoms with Crippen LogP contribution in [-0.4, -0.2) is 60.8 Å². The molecule has 0 aliphatic carbocycles. The van der Waals surface area contributed by atoms with E-state index in [4.69, 9.17) is 9.97 Å². The topological polar surface area (TPSA) is 93.8 Å². The summed E-state index contributed by atoms with van der Waals surface area (Å²) in [6.07, 6.45) is 4.15. The molecule has 0 spiro atoms. The average Bonchev–Trinajstić information content (AvgIpc) is 3.60. The molecule has 1 amide bonds. The second-order valence-corrected chi connectivity index (χ2v) is 9.59. The quantitative estimate of drug-likeness (QED) is 0.296. The van der Waals surface area contributed by atoms with E-state index in [1.165, 1.54) is 29.7 Å². The number of hydrogen-bond acceptors (Lipinski definition) is 7. The van der Waals surface area contributed by atoms with Crippen molar-refractivity contribution < 1.29 is 9.18 Å². The smallest absolute Gasteiger partial charge is 0.269 e. The van der Waals surface area contributed by atoms with Crippen molar-refractivity contribution >= 4 is 34.5 Å². The van der Waals surface area contributed by atoms with Gasteiger partial charge in [-0.05, 0) is 48.9 Å². The molecule has 0 atom stereocenters. The average molecular weight is 495 g/mol. The van der Waals surface area contributed by atoms with Gasteiger partial charge in [-0.25, -0.2) is 19.0 Å². The number of aryl methyl sites for hydroxylation is 1. The molecule has 9 nitrogen and oxygen atoms in total. The first-order chi connectivity index (χ1) is 17.0. The number of amides is 1. The Morgan fingerprint density at radius 1 is 1.17 bits per heavy atom. The number of nitrogens with one attached hydrogen (secondary N) is 1. The third kappa shape index (κ3) is 4.86. The third-order valence-electron chi connectivity index (χ3n) is 6.00. The number of nitrogens with zero attached hydrogens (tertiary/aromatic N) is 7. The Labute approximate surface area is 206 Å². The number of rotatable bonds is 8. The highest BCUT2D eigenvalue weighted by atomic mass is 32.2. The van der Waals surface area contributed by atoms with E-state index in [2.05, 4.69) is 27.3 Å². The number of carbonyl (C=O) groups is 1. The summed E-state index contributed by atoms with van der Waals surface area (Å²) in [6.45, 7) is 4.93. The normalized spacial score (nSPS) is 13.6. The molecule has 1 aliphatic heterocycles. The van der Waals surface area contributed by atoms with E-state index in [-0.39, 0.29) is 11.7 Å². The first-order valence-corrected chi connectivity index (χ1v) is 12.7. The Bertz CT molecular complexity index is 1340. The largest absolute Gasteiger partial charge is 0.356 e. The molecule has 35 heavy (non-hydrogen) atoms. The van der Waals surface area contributed by atoms with E-state index in [0.717, 1.165) is 46.4 Å². The lowest BCUT2D eigenvalue weighted by Gasteiger charge is -2.17. The molecular weight excluding hydrogens is 467 g/mol. The van der Waals surface area contributed by atoms with Crippen molar-refractivity contribution in [3.05, 3.63) is 48.0 Å². The van der Waals surface area contributed by atoms with Gasteiger partial charge in [-0.2, -0.15) is 10.2 Å². The predicted octanol–water partition coefficient (Wildman–Crippen LogP) is 3.51. The van der Waals surface area contributed by atoms with E-state index in [1.54, 1.807) is 37.0 Å². The van der Waals surface area contributed by atoms with Crippen LogP contribution in [0.3, 0.4) is 0 Å². The minimum atomic E-state index is -0.313. The lowest BCUT2D eigenvalue weighted by molar-refractivity contribution is 0.0942. The number of hydrogen-bond donors (Lipinski definition) is 1. The molecule has 11 heteroatoms. The number of halogens is 1. The van der Waals surface area contributed by atoms with Crippen molar-refractivity contribution in [1.29, 1.82) is 0 Å². The van der Waals surface area contributed by atoms with E-state index in [1.807, 2.05) is 10.9 Å². The second-order valence-electron chi connectivity index (χ2n) is 8.36. The Balaban J connectivity index is 1.30. The second kappa shape index (κ2) is 10.0. The third-order valence-corrected chi connectivity index (χ3v) is 6.73. The minimum absolute atomic E-state index is 0.237. The van der Waals surface area contributed by atoms with Crippen molar-refractivity contribution in [3.8, 4) is 11.3 Å². The number of carbonyl (C=O) groups excluding carboxylic acids is 1. The molecule has 0 unspecified atom stereocenters. The van der Waals surface area contributed by atoms with Crippen LogP contribution in [0.5, 0.6) is 0 Å². The standard InChI is InChI=1S/C24H27FN8OS/c1-3-35-24-28-21(32-11-4-5-12-32)18-15-27-33(22(18)29-24)13-10-26-23(34)20-14-19(30-31(20)2)16-6-8-17(25)9-7-16/h6-9,14-15H,3-5,10-13H2,1-2H3,(H,26,34). The van der Waals surface area contributed by atoms with Gasteiger partial charge in [0.1, 0.15) is 17.3 Å². The van der Waals surface area contributed by atoms with Crippen LogP contribution in [-0.2, 0) is 13.6 Å². The first-order valence-electron chi connectivity index (χ1n) is 11.7. The van der Waals surface area contributed by atoms with Crippen LogP contribution < -0.4 is 10.2 Å². The lowest BCUT2D eigenvalue weighted by atomic mass is 10.1. The fraction of sp³-hybridized carbons (Fsp3) is 0.375. The summed E-state index contributed by atoms with van der Waals surface area (Å²) in [4.78, 5) is 24.7. The predicted molar refractivity (Wildman–Crippen MR) is 134 cm³/mol. The van der Waals surface area contributed by atoms with Gasteiger partial charge in [-0.3, -0.25) is 9.48 Å². The van der Waals surface area contributed by atoms with Gasteiger partial charge in [-0.1, -0.05) is 18.7 Å². The Kier molecular flexibility index (Phi) is 6.67. The molecule has 5 rings (SSSR count). The van der Waals surface area contributed by atoms with Crippen molar-refractivity contribution in [2.24, 2.45) is 7.05 Å². The number of aromatic nitrogens is 6. The molecule has 1 N–H and O–H groups in total. The van der Waals surface area contributed by atoms with Gasteiger partial charge >= 0.3 is 0 Å². The summed E-state index contributed by atoms with van der Waals surface area (Å²) in [5, 5.41) is 13.6. The van der Waals surface area contributed by atoms with Crippen LogP contribution in [0.15, 0.2) is 41.7 Å². The zero-order valence-electron chi connectivity index (χ0n) is 19.7. The van der Waals surface area contributed by atoms with Crippen LogP contribution in [0.25, 0.3) is 22.3 Å². The fourth-order valence-electron chi connectivity index (χ4n) is 4.26. The van der Waals surface area contributed by atoms with Crippen molar-refractivity contribution in [2.75, 3.05) is 30.3 Å². The van der Waals surface area contributed by atoms with Gasteiger partial charge in [0.05, 0.1) is 23.8 Å². The number of benzene rings is 1. The molecule has 1 aliphatic rings. The maximum Gasteiger partial charge on any atom is 0.269 e. The molecule has 182 valence electrons. The zero-order valence-corrected chi connectivity index (χ0v) is 20.6. The Hall–Kier alpha value is -3.47. The highest BCUT2D eigenvalue weighted by Crippen LogP contribution is 2.29. The van der Waals surface area contributed by atoms with Crippen LogP contribution >= 0.6 is 11.8 Å². The van der Waals surface area contributed by atoms with E-state index >= 15 is 0 Å². The van der Waals surface area contributed by atoms with Crippen LogP contribution in [0, 0.1) is 5.82 Å². The summed E-state index contributed by atoms with van der Waals surface area (Å²) in [5.74, 6) is 1.29. The fourth-order valence-corrected chi connectivity index (χ4v) is 4.82. The Morgan fingerprint density at radius 3 is 2.69 bits per heavy atom. The first kappa shape index (κ1) is 23.3. The highest BCUT2D eigenvalue weighted by molar-refractivity contribution is 7.99. The maximum absolute atomic E-state index is 13.2. The molecule has 0 bridgehead atoms. The number of anilines is 1. The molecule has 0 radical (unpaired) electrons. The molecule has 1 fully saturated rings. The van der Waals surface area contributed by atoms with Crippen molar-refractivity contribution in [1.82, 2.24) is 34.8 Å². The van der Waals surface area contributed by atoms with Crippen LogP contribution in [0.1, 0.15) is 30.3 Å². The molecule has 4 aromatic rings. The van der Waals surface area contributed by atoms with E-state index in [0.29, 0.717) is 24.5 Å². The number of thioether (sulfide) groups is 1. The van der Waals surface area contributed by atoms with Gasteiger partial charge < -0.3 is 10.2 Å². The van der Waals surface area contributed by atoms with Crippen molar-refractivity contribution in [2.45, 2.75) is 31.5 Å². The number of fused-ring (bicyclic) bond motifs is 1. The van der Waals surface area contributed by atoms with E-state index in [9.17, 15) is 9.18 Å². The van der Waals surface area contributed by atoms with Gasteiger partial charge in [0, 0.05) is 32.2 Å². The van der Waals surface area contributed by atoms with E-state index < -0.39 is 0 Å². The molecule has 3 aromatic heterocycles. The van der Waals surface area contributed by atoms with Gasteiger partial charge in [0.25, 0.3) is 5.91 Å². The summed E-state index contributed by atoms with van der Waals surface area (Å²) in [5.41, 5.74) is 2.57. The lowest BCUT2D eigenvalue weighted by Crippen LogP contribution is -2.29. The monoisotopic (exact) mass is 494 g/mol. The summed E-state index contributed by atoms with van der Waals surface area (Å²) < 4.78 is 16.6. The molecule has 4 heterocycles. The zero-order chi connectivity index (χ0) is 24.4. The van der Waals surface area contributed by atoms with Crippen molar-refractivity contribution in [3.63, 3.8) is 0 Å². The van der Waals surface area contributed by atoms with Crippen LogP contribution in [0.2, 0.25) is 0 Å². The minimum Gasteiger partial charge on any atom is -0.356 e. The summed E-state index contributed by atoms with van der Waals surface area (Å²) in [7, 11) is 1.71. The molecule has 1 saturated heterocycles. The molecular formula is C24H27FN8OS.